The molecule has 2 atom stereocenters. The van der Waals surface area contributed by atoms with E-state index in [0.717, 1.165) is 19.3 Å². The van der Waals surface area contributed by atoms with Crippen LogP contribution in [0.3, 0.4) is 0 Å². The van der Waals surface area contributed by atoms with Crippen LogP contribution in [-0.2, 0) is 0 Å². The zero-order valence-corrected chi connectivity index (χ0v) is 9.10. The van der Waals surface area contributed by atoms with Crippen LogP contribution in [-0.4, -0.2) is 12.5 Å². The van der Waals surface area contributed by atoms with Gasteiger partial charge in [0, 0.05) is 0 Å². The Morgan fingerprint density at radius 2 is 2.07 bits per heavy atom. The summed E-state index contributed by atoms with van der Waals surface area (Å²) >= 11 is 0. The highest BCUT2D eigenvalue weighted by Crippen LogP contribution is 2.40. The molecule has 84 valence electrons. The summed E-state index contributed by atoms with van der Waals surface area (Å²) in [6.45, 7) is 4.43. The Morgan fingerprint density at radius 1 is 1.43 bits per heavy atom. The summed E-state index contributed by atoms with van der Waals surface area (Å²) < 4.78 is 24.5. The molecule has 1 nitrogen and oxygen atoms in total. The lowest BCUT2D eigenvalue weighted by molar-refractivity contribution is 0.0867. The quantitative estimate of drug-likeness (QED) is 0.752. The molecule has 3 heteroatoms. The van der Waals surface area contributed by atoms with Gasteiger partial charge in [-0.1, -0.05) is 26.7 Å². The molecule has 1 rings (SSSR count). The van der Waals surface area contributed by atoms with E-state index >= 15 is 0 Å². The van der Waals surface area contributed by atoms with Crippen molar-refractivity contribution in [2.75, 3.05) is 0 Å². The average Bonchev–Trinajstić information content (AvgIpc) is 2.01. The third-order valence-corrected chi connectivity index (χ3v) is 3.24. The molecule has 0 amide bonds. The Bertz CT molecular complexity index is 180. The normalized spacial score (nSPS) is 29.1. The van der Waals surface area contributed by atoms with Crippen molar-refractivity contribution in [3.05, 3.63) is 0 Å². The molecule has 0 bridgehead atoms. The molecule has 0 heterocycles. The maximum Gasteiger partial charge on any atom is 0.253 e. The molecule has 0 aromatic carbocycles. The first kappa shape index (κ1) is 11.9. The maximum atomic E-state index is 12.3. The van der Waals surface area contributed by atoms with Gasteiger partial charge in [-0.3, -0.25) is 0 Å². The summed E-state index contributed by atoms with van der Waals surface area (Å²) in [6.07, 6.45) is 2.62. The molecule has 1 saturated carbocycles. The molecule has 14 heavy (non-hydrogen) atoms. The highest BCUT2D eigenvalue weighted by Gasteiger charge is 2.30. The van der Waals surface area contributed by atoms with Gasteiger partial charge in [-0.25, -0.2) is 8.78 Å². The lowest BCUT2D eigenvalue weighted by Gasteiger charge is -2.36. The number of alkyl halides is 2. The van der Waals surface area contributed by atoms with Crippen molar-refractivity contribution in [1.29, 1.82) is 0 Å². The molecule has 1 fully saturated rings. The van der Waals surface area contributed by atoms with Gasteiger partial charge in [-0.05, 0) is 30.6 Å². The summed E-state index contributed by atoms with van der Waals surface area (Å²) in [4.78, 5) is 0. The first-order valence-corrected chi connectivity index (χ1v) is 5.44. The molecule has 1 aliphatic rings. The molecule has 0 aliphatic heterocycles. The van der Waals surface area contributed by atoms with Crippen LogP contribution in [0.25, 0.3) is 0 Å². The van der Waals surface area contributed by atoms with Crippen LogP contribution in [0.5, 0.6) is 0 Å². The van der Waals surface area contributed by atoms with Crippen LogP contribution in [0.4, 0.5) is 8.78 Å². The van der Waals surface area contributed by atoms with Gasteiger partial charge in [0.1, 0.15) is 0 Å². The minimum Gasteiger partial charge on any atom is -0.323 e. The van der Waals surface area contributed by atoms with Crippen LogP contribution in [0.1, 0.15) is 46.0 Å². The molecule has 0 saturated heterocycles. The standard InChI is InChI=1S/C11H21F2N/c1-11(2)5-3-4-8(7-11)6-9(14)10(12)13/h8-10H,3-7,14H2,1-2H3. The molecule has 0 radical (unpaired) electrons. The highest BCUT2D eigenvalue weighted by molar-refractivity contribution is 4.82. The van der Waals surface area contributed by atoms with Crippen molar-refractivity contribution in [1.82, 2.24) is 0 Å². The van der Waals surface area contributed by atoms with Crippen molar-refractivity contribution in [2.24, 2.45) is 17.1 Å². The topological polar surface area (TPSA) is 26.0 Å². The van der Waals surface area contributed by atoms with Gasteiger partial charge in [0.05, 0.1) is 6.04 Å². The Labute approximate surface area is 85.1 Å². The van der Waals surface area contributed by atoms with E-state index in [1.54, 1.807) is 0 Å². The number of nitrogens with two attached hydrogens (primary N) is 1. The Balaban J connectivity index is 2.38. The summed E-state index contributed by atoms with van der Waals surface area (Å²) in [6, 6.07) is -0.922. The molecular weight excluding hydrogens is 184 g/mol. The predicted octanol–water partition coefficient (Wildman–Crippen LogP) is 3.19. The third kappa shape index (κ3) is 3.52. The minimum absolute atomic E-state index is 0.324. The fraction of sp³-hybridized carbons (Fsp3) is 1.00. The van der Waals surface area contributed by atoms with E-state index in [-0.39, 0.29) is 0 Å². The van der Waals surface area contributed by atoms with Crippen molar-refractivity contribution < 1.29 is 8.78 Å². The zero-order chi connectivity index (χ0) is 10.8. The largest absolute Gasteiger partial charge is 0.323 e. The fourth-order valence-corrected chi connectivity index (χ4v) is 2.54. The smallest absolute Gasteiger partial charge is 0.253 e. The van der Waals surface area contributed by atoms with Gasteiger partial charge >= 0.3 is 0 Å². The van der Waals surface area contributed by atoms with E-state index < -0.39 is 12.5 Å². The number of halogens is 2. The first-order chi connectivity index (χ1) is 6.41. The monoisotopic (exact) mass is 205 g/mol. The molecule has 2 N–H and O–H groups in total. The Morgan fingerprint density at radius 3 is 2.57 bits per heavy atom. The molecule has 0 spiro atoms. The minimum atomic E-state index is -2.36. The second kappa shape index (κ2) is 4.56. The summed E-state index contributed by atoms with van der Waals surface area (Å²) in [7, 11) is 0. The van der Waals surface area contributed by atoms with Gasteiger partial charge in [0.2, 0.25) is 0 Å². The molecule has 0 aromatic heterocycles. The van der Waals surface area contributed by atoms with E-state index in [0.29, 0.717) is 17.8 Å². The summed E-state index contributed by atoms with van der Waals surface area (Å²) in [5, 5.41) is 0. The van der Waals surface area contributed by atoms with E-state index in [1.165, 1.54) is 6.42 Å². The van der Waals surface area contributed by atoms with E-state index in [2.05, 4.69) is 13.8 Å². The number of hydrogen-bond donors (Lipinski definition) is 1. The molecule has 0 aromatic rings. The van der Waals surface area contributed by atoms with Crippen molar-refractivity contribution in [3.8, 4) is 0 Å². The van der Waals surface area contributed by atoms with Crippen LogP contribution in [0.15, 0.2) is 0 Å². The first-order valence-electron chi connectivity index (χ1n) is 5.44. The SMILES string of the molecule is CC1(C)CCCC(CC(N)C(F)F)C1. The van der Waals surface area contributed by atoms with Gasteiger partial charge in [-0.2, -0.15) is 0 Å². The lowest BCUT2D eigenvalue weighted by atomic mass is 9.70. The van der Waals surface area contributed by atoms with E-state index in [9.17, 15) is 8.78 Å². The average molecular weight is 205 g/mol. The maximum absolute atomic E-state index is 12.3. The molecular formula is C11H21F2N. The van der Waals surface area contributed by atoms with Crippen LogP contribution < -0.4 is 5.73 Å². The predicted molar refractivity (Wildman–Crippen MR) is 54.3 cm³/mol. The second-order valence-electron chi connectivity index (χ2n) is 5.36. The highest BCUT2D eigenvalue weighted by atomic mass is 19.3. The van der Waals surface area contributed by atoms with Crippen molar-refractivity contribution in [2.45, 2.75) is 58.4 Å². The van der Waals surface area contributed by atoms with Crippen LogP contribution in [0.2, 0.25) is 0 Å². The van der Waals surface area contributed by atoms with Gasteiger partial charge in [0.15, 0.2) is 0 Å². The van der Waals surface area contributed by atoms with Crippen LogP contribution in [0, 0.1) is 11.3 Å². The Kier molecular flexibility index (Phi) is 3.87. The molecule has 1 aliphatic carbocycles. The van der Waals surface area contributed by atoms with E-state index in [4.69, 9.17) is 5.73 Å². The fourth-order valence-electron chi connectivity index (χ4n) is 2.54. The van der Waals surface area contributed by atoms with Crippen LogP contribution >= 0.6 is 0 Å². The summed E-state index contributed by atoms with van der Waals surface area (Å²) in [5.74, 6) is 0.405. The molecule has 2 unspecified atom stereocenters. The van der Waals surface area contributed by atoms with E-state index in [1.807, 2.05) is 0 Å². The zero-order valence-electron chi connectivity index (χ0n) is 9.10. The summed E-state index contributed by atoms with van der Waals surface area (Å²) in [5.41, 5.74) is 5.71. The van der Waals surface area contributed by atoms with Crippen molar-refractivity contribution >= 4 is 0 Å². The van der Waals surface area contributed by atoms with Gasteiger partial charge < -0.3 is 5.73 Å². The lowest BCUT2D eigenvalue weighted by Crippen LogP contribution is -2.34. The second-order valence-corrected chi connectivity index (χ2v) is 5.36. The van der Waals surface area contributed by atoms with Gasteiger partial charge in [-0.15, -0.1) is 0 Å². The number of hydrogen-bond acceptors (Lipinski definition) is 1. The third-order valence-electron chi connectivity index (χ3n) is 3.24. The number of rotatable bonds is 3. The Hall–Kier alpha value is -0.180. The van der Waals surface area contributed by atoms with Gasteiger partial charge in [0.25, 0.3) is 6.43 Å². The van der Waals surface area contributed by atoms with Crippen molar-refractivity contribution in [3.63, 3.8) is 0 Å².